The third kappa shape index (κ3) is 1.47. The highest BCUT2D eigenvalue weighted by molar-refractivity contribution is 7.93. The predicted molar refractivity (Wildman–Crippen MR) is 81.0 cm³/mol. The smallest absolute Gasteiger partial charge is 0.164 e. The van der Waals surface area contributed by atoms with E-state index in [1.54, 1.807) is 0 Å². The number of hydrogen-bond donors (Lipinski definition) is 0. The second-order valence-corrected chi connectivity index (χ2v) is 9.79. The summed E-state index contributed by atoms with van der Waals surface area (Å²) in [6.07, 6.45) is 12.9. The van der Waals surface area contributed by atoms with Crippen LogP contribution in [0, 0.1) is 23.2 Å². The van der Waals surface area contributed by atoms with Gasteiger partial charge in [-0.3, -0.25) is 0 Å². The summed E-state index contributed by atoms with van der Waals surface area (Å²) in [6, 6.07) is 0. The van der Waals surface area contributed by atoms with Crippen LogP contribution in [0.15, 0.2) is 36.0 Å². The Balaban J connectivity index is 1.86. The first-order valence-electron chi connectivity index (χ1n) is 7.69. The van der Waals surface area contributed by atoms with Gasteiger partial charge in [0.2, 0.25) is 0 Å². The molecule has 2 unspecified atom stereocenters. The van der Waals surface area contributed by atoms with Gasteiger partial charge < -0.3 is 0 Å². The van der Waals surface area contributed by atoms with E-state index in [0.29, 0.717) is 17.8 Å². The fourth-order valence-electron chi connectivity index (χ4n) is 4.94. The summed E-state index contributed by atoms with van der Waals surface area (Å²) in [7, 11) is -3.09. The Hall–Kier alpha value is -0.830. The van der Waals surface area contributed by atoms with Crippen LogP contribution in [0.4, 0.5) is 0 Å². The zero-order valence-corrected chi connectivity index (χ0v) is 12.9. The molecule has 0 N–H and O–H groups in total. The molecule has 5 atom stereocenters. The third-order valence-electron chi connectivity index (χ3n) is 6.40. The molecule has 2 aliphatic heterocycles. The summed E-state index contributed by atoms with van der Waals surface area (Å²) >= 11 is 0. The first-order valence-corrected chi connectivity index (χ1v) is 9.30. The topological polar surface area (TPSA) is 34.1 Å². The lowest BCUT2D eigenvalue weighted by Gasteiger charge is -2.61. The highest BCUT2D eigenvalue weighted by atomic mass is 32.2. The van der Waals surface area contributed by atoms with Gasteiger partial charge in [-0.05, 0) is 36.5 Å². The number of allylic oxidation sites excluding steroid dienone is 4. The van der Waals surface area contributed by atoms with Crippen molar-refractivity contribution in [3.63, 3.8) is 0 Å². The minimum absolute atomic E-state index is 0.223. The maximum absolute atomic E-state index is 12.9. The Morgan fingerprint density at radius 1 is 1.20 bits per heavy atom. The SMILES string of the molecule is CC1(C)[C@@H]2CC3=CCC4C=CC=CC([C@H]3[C@H]1C2)S4(=O)=O. The van der Waals surface area contributed by atoms with Gasteiger partial charge in [-0.15, -0.1) is 0 Å². The Morgan fingerprint density at radius 2 is 1.95 bits per heavy atom. The first kappa shape index (κ1) is 12.9. The van der Waals surface area contributed by atoms with Gasteiger partial charge in [-0.2, -0.15) is 0 Å². The molecular weight excluding hydrogens is 268 g/mol. The predicted octanol–water partition coefficient (Wildman–Crippen LogP) is 3.28. The van der Waals surface area contributed by atoms with E-state index in [1.165, 1.54) is 12.0 Å². The third-order valence-corrected chi connectivity index (χ3v) is 8.80. The normalized spacial score (nSPS) is 46.5. The van der Waals surface area contributed by atoms with Crippen molar-refractivity contribution in [1.82, 2.24) is 0 Å². The standard InChI is InChI=1S/C17H22O2S/c1-17(2)12-9-11-7-8-13-5-3-4-6-15(20(13,18)19)16(11)14(17)10-12/h3-7,12-16H,8-10H2,1-2H3/t12-,13?,14-,15?,16-/m1/s1. The fraction of sp³-hybridized carbons (Fsp3) is 0.647. The van der Waals surface area contributed by atoms with Gasteiger partial charge in [0.05, 0.1) is 10.5 Å². The van der Waals surface area contributed by atoms with E-state index >= 15 is 0 Å². The van der Waals surface area contributed by atoms with Gasteiger partial charge in [-0.25, -0.2) is 8.42 Å². The molecule has 5 rings (SSSR count). The van der Waals surface area contributed by atoms with E-state index in [-0.39, 0.29) is 16.4 Å². The molecule has 2 nitrogen and oxygen atoms in total. The zero-order chi connectivity index (χ0) is 14.1. The summed E-state index contributed by atoms with van der Waals surface area (Å²) in [6.45, 7) is 4.66. The molecule has 20 heavy (non-hydrogen) atoms. The maximum atomic E-state index is 12.9. The lowest BCUT2D eigenvalue weighted by atomic mass is 9.44. The van der Waals surface area contributed by atoms with Crippen LogP contribution in [0.5, 0.6) is 0 Å². The van der Waals surface area contributed by atoms with Crippen LogP contribution in [0.2, 0.25) is 0 Å². The largest absolute Gasteiger partial charge is 0.228 e. The first-order chi connectivity index (χ1) is 9.42. The Labute approximate surface area is 121 Å². The molecule has 2 heterocycles. The average molecular weight is 290 g/mol. The van der Waals surface area contributed by atoms with Gasteiger partial charge in [0.15, 0.2) is 9.84 Å². The molecule has 3 heteroatoms. The van der Waals surface area contributed by atoms with Crippen molar-refractivity contribution in [2.75, 3.05) is 0 Å². The second kappa shape index (κ2) is 3.88. The number of hydrogen-bond acceptors (Lipinski definition) is 2. The molecule has 3 fully saturated rings. The van der Waals surface area contributed by atoms with Crippen LogP contribution in [0.1, 0.15) is 33.1 Å². The molecule has 5 aliphatic rings. The minimum atomic E-state index is -3.09. The van der Waals surface area contributed by atoms with E-state index in [2.05, 4.69) is 19.9 Å². The molecule has 0 aromatic carbocycles. The quantitative estimate of drug-likeness (QED) is 0.642. The summed E-state index contributed by atoms with van der Waals surface area (Å²) in [4.78, 5) is 0. The van der Waals surface area contributed by atoms with Gasteiger partial charge in [0, 0.05) is 5.92 Å². The van der Waals surface area contributed by atoms with E-state index in [4.69, 9.17) is 0 Å². The molecule has 3 aliphatic carbocycles. The van der Waals surface area contributed by atoms with Gasteiger partial charge >= 0.3 is 0 Å². The number of fused-ring (bicyclic) bond motifs is 2. The van der Waals surface area contributed by atoms with Crippen molar-refractivity contribution in [3.8, 4) is 0 Å². The van der Waals surface area contributed by atoms with Crippen LogP contribution in [-0.4, -0.2) is 18.9 Å². The summed E-state index contributed by atoms with van der Waals surface area (Å²) in [5.74, 6) is 1.52. The average Bonchev–Trinajstić information content (AvgIpc) is 2.61. The molecule has 108 valence electrons. The zero-order valence-electron chi connectivity index (χ0n) is 12.1. The van der Waals surface area contributed by atoms with Crippen molar-refractivity contribution in [2.24, 2.45) is 23.2 Å². The van der Waals surface area contributed by atoms with Gasteiger partial charge in [-0.1, -0.05) is 49.8 Å². The maximum Gasteiger partial charge on any atom is 0.164 e. The molecule has 0 amide bonds. The van der Waals surface area contributed by atoms with Crippen molar-refractivity contribution in [3.05, 3.63) is 36.0 Å². The molecule has 0 aromatic heterocycles. The van der Waals surface area contributed by atoms with Gasteiger partial charge in [0.25, 0.3) is 0 Å². The van der Waals surface area contributed by atoms with Crippen LogP contribution in [0.3, 0.4) is 0 Å². The molecule has 0 spiro atoms. The van der Waals surface area contributed by atoms with E-state index in [9.17, 15) is 8.42 Å². The Morgan fingerprint density at radius 3 is 2.70 bits per heavy atom. The van der Waals surface area contributed by atoms with Crippen LogP contribution >= 0.6 is 0 Å². The Bertz CT molecular complexity index is 636. The van der Waals surface area contributed by atoms with Crippen molar-refractivity contribution < 1.29 is 8.42 Å². The molecule has 0 aromatic rings. The van der Waals surface area contributed by atoms with Crippen LogP contribution in [0.25, 0.3) is 0 Å². The monoisotopic (exact) mass is 290 g/mol. The summed E-state index contributed by atoms with van der Waals surface area (Å²) in [5, 5.41) is -0.623. The molecule has 3 saturated carbocycles. The second-order valence-electron chi connectivity index (χ2n) is 7.47. The molecule has 4 bridgehead atoms. The van der Waals surface area contributed by atoms with E-state index in [1.807, 2.05) is 24.3 Å². The minimum Gasteiger partial charge on any atom is -0.228 e. The summed E-state index contributed by atoms with van der Waals surface area (Å²) < 4.78 is 25.9. The highest BCUT2D eigenvalue weighted by Crippen LogP contribution is 2.65. The van der Waals surface area contributed by atoms with Gasteiger partial charge in [0.1, 0.15) is 0 Å². The summed E-state index contributed by atoms with van der Waals surface area (Å²) in [5.41, 5.74) is 1.74. The Kier molecular flexibility index (Phi) is 2.50. The molecule has 0 saturated heterocycles. The number of sulfone groups is 1. The van der Waals surface area contributed by atoms with Crippen molar-refractivity contribution >= 4 is 9.84 Å². The fourth-order valence-corrected chi connectivity index (χ4v) is 7.10. The lowest BCUT2D eigenvalue weighted by Crippen LogP contribution is -2.56. The lowest BCUT2D eigenvalue weighted by molar-refractivity contribution is -0.0754. The van der Waals surface area contributed by atoms with Crippen molar-refractivity contribution in [2.45, 2.75) is 43.6 Å². The highest BCUT2D eigenvalue weighted by Gasteiger charge is 2.59. The van der Waals surface area contributed by atoms with E-state index < -0.39 is 9.84 Å². The van der Waals surface area contributed by atoms with Crippen LogP contribution in [-0.2, 0) is 9.84 Å². The molecule has 0 radical (unpaired) electrons. The van der Waals surface area contributed by atoms with E-state index in [0.717, 1.165) is 12.3 Å². The number of rotatable bonds is 0. The van der Waals surface area contributed by atoms with Crippen LogP contribution < -0.4 is 0 Å². The molecular formula is C17H22O2S. The van der Waals surface area contributed by atoms with Crippen molar-refractivity contribution in [1.29, 1.82) is 0 Å².